The van der Waals surface area contributed by atoms with Crippen molar-refractivity contribution in [3.8, 4) is 0 Å². The van der Waals surface area contributed by atoms with E-state index in [9.17, 15) is 4.79 Å². The Hall–Kier alpha value is -2.37. The van der Waals surface area contributed by atoms with Crippen LogP contribution < -0.4 is 11.1 Å². The minimum absolute atomic E-state index is 0.193. The lowest BCUT2D eigenvalue weighted by Gasteiger charge is -2.10. The molecule has 1 aromatic heterocycles. The van der Waals surface area contributed by atoms with E-state index >= 15 is 0 Å². The molecule has 0 bridgehead atoms. The molecule has 100 valence electrons. The lowest BCUT2D eigenvalue weighted by atomic mass is 10.1. The zero-order valence-electron chi connectivity index (χ0n) is 11.1. The SMILES string of the molecule is CCn1cnnc1CNC(=O)c1c(C)cccc1N. The van der Waals surface area contributed by atoms with E-state index in [4.69, 9.17) is 5.73 Å². The normalized spacial score (nSPS) is 10.4. The third kappa shape index (κ3) is 2.73. The standard InChI is InChI=1S/C13H17N5O/c1-3-18-8-16-17-11(18)7-15-13(19)12-9(2)5-4-6-10(12)14/h4-6,8H,3,7,14H2,1-2H3,(H,15,19). The molecule has 0 unspecified atom stereocenters. The lowest BCUT2D eigenvalue weighted by Crippen LogP contribution is -2.26. The van der Waals surface area contributed by atoms with Gasteiger partial charge in [-0.25, -0.2) is 0 Å². The fraction of sp³-hybridized carbons (Fsp3) is 0.308. The molecule has 0 aliphatic heterocycles. The van der Waals surface area contributed by atoms with Crippen molar-refractivity contribution >= 4 is 11.6 Å². The molecule has 1 heterocycles. The number of nitrogen functional groups attached to an aromatic ring is 1. The van der Waals surface area contributed by atoms with Crippen molar-refractivity contribution in [3.05, 3.63) is 41.5 Å². The minimum atomic E-state index is -0.193. The number of carbonyl (C=O) groups excluding carboxylic acids is 1. The molecule has 0 aliphatic carbocycles. The van der Waals surface area contributed by atoms with Crippen molar-refractivity contribution in [2.45, 2.75) is 26.9 Å². The Kier molecular flexibility index (Phi) is 3.79. The number of hydrogen-bond acceptors (Lipinski definition) is 4. The fourth-order valence-corrected chi connectivity index (χ4v) is 1.93. The number of anilines is 1. The van der Waals surface area contributed by atoms with E-state index in [1.165, 1.54) is 0 Å². The van der Waals surface area contributed by atoms with Crippen LogP contribution in [-0.4, -0.2) is 20.7 Å². The molecule has 0 spiro atoms. The highest BCUT2D eigenvalue weighted by atomic mass is 16.1. The number of amides is 1. The van der Waals surface area contributed by atoms with Crippen LogP contribution in [0.25, 0.3) is 0 Å². The Morgan fingerprint density at radius 1 is 1.47 bits per heavy atom. The Bertz CT molecular complexity index is 570. The molecule has 2 rings (SSSR count). The van der Waals surface area contributed by atoms with Crippen LogP contribution in [0.15, 0.2) is 24.5 Å². The Balaban J connectivity index is 2.10. The van der Waals surface area contributed by atoms with Crippen molar-refractivity contribution in [1.29, 1.82) is 0 Å². The van der Waals surface area contributed by atoms with Gasteiger partial charge in [-0.15, -0.1) is 10.2 Å². The molecule has 6 nitrogen and oxygen atoms in total. The first kappa shape index (κ1) is 13.1. The van der Waals surface area contributed by atoms with Gasteiger partial charge in [0.05, 0.1) is 12.1 Å². The van der Waals surface area contributed by atoms with E-state index in [1.54, 1.807) is 12.4 Å². The van der Waals surface area contributed by atoms with Gasteiger partial charge in [0.2, 0.25) is 0 Å². The number of hydrogen-bond donors (Lipinski definition) is 2. The predicted octanol–water partition coefficient (Wildman–Crippen LogP) is 1.12. The van der Waals surface area contributed by atoms with E-state index in [0.717, 1.165) is 17.9 Å². The molecular formula is C13H17N5O. The van der Waals surface area contributed by atoms with Crippen molar-refractivity contribution in [2.24, 2.45) is 0 Å². The van der Waals surface area contributed by atoms with E-state index in [0.29, 0.717) is 17.8 Å². The maximum absolute atomic E-state index is 12.1. The first-order valence-electron chi connectivity index (χ1n) is 6.13. The minimum Gasteiger partial charge on any atom is -0.398 e. The van der Waals surface area contributed by atoms with Crippen molar-refractivity contribution < 1.29 is 4.79 Å². The van der Waals surface area contributed by atoms with Gasteiger partial charge in [-0.2, -0.15) is 0 Å². The van der Waals surface area contributed by atoms with Gasteiger partial charge in [0, 0.05) is 12.2 Å². The van der Waals surface area contributed by atoms with Gasteiger partial charge >= 0.3 is 0 Å². The molecule has 1 aromatic carbocycles. The summed E-state index contributed by atoms with van der Waals surface area (Å²) in [7, 11) is 0. The third-order valence-electron chi connectivity index (χ3n) is 2.98. The summed E-state index contributed by atoms with van der Waals surface area (Å²) >= 11 is 0. The Morgan fingerprint density at radius 2 is 2.26 bits per heavy atom. The molecule has 0 radical (unpaired) electrons. The fourth-order valence-electron chi connectivity index (χ4n) is 1.93. The van der Waals surface area contributed by atoms with E-state index < -0.39 is 0 Å². The van der Waals surface area contributed by atoms with Crippen LogP contribution in [0.5, 0.6) is 0 Å². The van der Waals surface area contributed by atoms with Crippen molar-refractivity contribution in [3.63, 3.8) is 0 Å². The summed E-state index contributed by atoms with van der Waals surface area (Å²) in [5.41, 5.74) is 7.69. The summed E-state index contributed by atoms with van der Waals surface area (Å²) in [5.74, 6) is 0.532. The van der Waals surface area contributed by atoms with E-state index in [-0.39, 0.29) is 5.91 Å². The number of carbonyl (C=O) groups is 1. The number of rotatable bonds is 4. The summed E-state index contributed by atoms with van der Waals surface area (Å²) < 4.78 is 1.88. The highest BCUT2D eigenvalue weighted by Gasteiger charge is 2.13. The monoisotopic (exact) mass is 259 g/mol. The van der Waals surface area contributed by atoms with Gasteiger partial charge in [0.1, 0.15) is 6.33 Å². The third-order valence-corrected chi connectivity index (χ3v) is 2.98. The highest BCUT2D eigenvalue weighted by Crippen LogP contribution is 2.15. The molecule has 0 atom stereocenters. The van der Waals surface area contributed by atoms with Crippen LogP contribution in [0.3, 0.4) is 0 Å². The quantitative estimate of drug-likeness (QED) is 0.806. The maximum Gasteiger partial charge on any atom is 0.254 e. The van der Waals surface area contributed by atoms with E-state index in [2.05, 4.69) is 15.5 Å². The second kappa shape index (κ2) is 5.51. The largest absolute Gasteiger partial charge is 0.398 e. The number of nitrogens with two attached hydrogens (primary N) is 1. The lowest BCUT2D eigenvalue weighted by molar-refractivity contribution is 0.0949. The molecule has 2 aromatic rings. The first-order valence-corrected chi connectivity index (χ1v) is 6.13. The molecule has 1 amide bonds. The predicted molar refractivity (Wildman–Crippen MR) is 72.5 cm³/mol. The zero-order chi connectivity index (χ0) is 13.8. The van der Waals surface area contributed by atoms with Crippen LogP contribution in [0.2, 0.25) is 0 Å². The molecule has 0 aliphatic rings. The first-order chi connectivity index (χ1) is 9.13. The molecule has 0 fully saturated rings. The topological polar surface area (TPSA) is 85.8 Å². The summed E-state index contributed by atoms with van der Waals surface area (Å²) in [5, 5.41) is 10.6. The Morgan fingerprint density at radius 3 is 2.95 bits per heavy atom. The average molecular weight is 259 g/mol. The summed E-state index contributed by atoms with van der Waals surface area (Å²) in [6.07, 6.45) is 1.64. The van der Waals surface area contributed by atoms with E-state index in [1.807, 2.05) is 30.5 Å². The van der Waals surface area contributed by atoms with Gasteiger partial charge < -0.3 is 15.6 Å². The van der Waals surface area contributed by atoms with Crippen LogP contribution in [0, 0.1) is 6.92 Å². The van der Waals surface area contributed by atoms with Gasteiger partial charge in [0.25, 0.3) is 5.91 Å². The summed E-state index contributed by atoms with van der Waals surface area (Å²) in [4.78, 5) is 12.1. The van der Waals surface area contributed by atoms with Crippen molar-refractivity contribution in [2.75, 3.05) is 5.73 Å². The van der Waals surface area contributed by atoms with Gasteiger partial charge in [-0.05, 0) is 25.5 Å². The van der Waals surface area contributed by atoms with Crippen LogP contribution >= 0.6 is 0 Å². The Labute approximate surface area is 111 Å². The highest BCUT2D eigenvalue weighted by molar-refractivity contribution is 6.00. The molecule has 6 heteroatoms. The number of aromatic nitrogens is 3. The number of nitrogens with one attached hydrogen (secondary N) is 1. The molecule has 0 saturated heterocycles. The average Bonchev–Trinajstić information content (AvgIpc) is 2.83. The molecule has 19 heavy (non-hydrogen) atoms. The smallest absolute Gasteiger partial charge is 0.254 e. The molecular weight excluding hydrogens is 242 g/mol. The van der Waals surface area contributed by atoms with Gasteiger partial charge in [0.15, 0.2) is 5.82 Å². The summed E-state index contributed by atoms with van der Waals surface area (Å²) in [6, 6.07) is 5.41. The van der Waals surface area contributed by atoms with Crippen molar-refractivity contribution in [1.82, 2.24) is 20.1 Å². The number of benzene rings is 1. The molecule has 0 saturated carbocycles. The van der Waals surface area contributed by atoms with Crippen LogP contribution in [0.4, 0.5) is 5.69 Å². The van der Waals surface area contributed by atoms with Gasteiger partial charge in [-0.1, -0.05) is 12.1 Å². The second-order valence-corrected chi connectivity index (χ2v) is 4.25. The summed E-state index contributed by atoms with van der Waals surface area (Å²) in [6.45, 7) is 4.96. The van der Waals surface area contributed by atoms with Gasteiger partial charge in [-0.3, -0.25) is 4.79 Å². The number of nitrogens with zero attached hydrogens (tertiary/aromatic N) is 3. The molecule has 3 N–H and O–H groups in total. The van der Waals surface area contributed by atoms with Crippen LogP contribution in [-0.2, 0) is 13.1 Å². The number of aryl methyl sites for hydroxylation is 2. The second-order valence-electron chi connectivity index (χ2n) is 4.25. The maximum atomic E-state index is 12.1. The van der Waals surface area contributed by atoms with Crippen LogP contribution in [0.1, 0.15) is 28.7 Å². The zero-order valence-corrected chi connectivity index (χ0v) is 11.1.